The van der Waals surface area contributed by atoms with Gasteiger partial charge in [0.05, 0.1) is 17.9 Å². The molecule has 0 N–H and O–H groups in total. The lowest BCUT2D eigenvalue weighted by molar-refractivity contribution is 0.318. The first-order valence-electron chi connectivity index (χ1n) is 9.63. The van der Waals surface area contributed by atoms with Gasteiger partial charge in [0.25, 0.3) is 11.5 Å². The summed E-state index contributed by atoms with van der Waals surface area (Å²) in [4.78, 5) is 22.2. The Hall–Kier alpha value is -3.49. The van der Waals surface area contributed by atoms with E-state index < -0.39 is 0 Å². The summed E-state index contributed by atoms with van der Waals surface area (Å²) in [5.41, 5.74) is 2.11. The third-order valence-corrected chi connectivity index (χ3v) is 4.59. The molecule has 9 heteroatoms. The van der Waals surface area contributed by atoms with Gasteiger partial charge < -0.3 is 9.26 Å². The van der Waals surface area contributed by atoms with E-state index in [2.05, 4.69) is 22.2 Å². The number of ether oxygens (including phenoxy) is 1. The number of aromatic nitrogens is 6. The third-order valence-electron chi connectivity index (χ3n) is 4.59. The van der Waals surface area contributed by atoms with E-state index in [1.165, 1.54) is 15.6 Å². The van der Waals surface area contributed by atoms with Crippen LogP contribution in [-0.4, -0.2) is 36.1 Å². The highest BCUT2D eigenvalue weighted by Gasteiger charge is 2.22. The number of para-hydroxylation sites is 1. The molecule has 0 aliphatic carbocycles. The van der Waals surface area contributed by atoms with E-state index in [1.54, 1.807) is 7.05 Å². The van der Waals surface area contributed by atoms with Gasteiger partial charge in [-0.15, -0.1) is 0 Å². The van der Waals surface area contributed by atoms with E-state index in [9.17, 15) is 4.79 Å². The van der Waals surface area contributed by atoms with Crippen molar-refractivity contribution >= 4 is 11.0 Å². The van der Waals surface area contributed by atoms with Gasteiger partial charge >= 0.3 is 0 Å². The first kappa shape index (κ1) is 18.9. The summed E-state index contributed by atoms with van der Waals surface area (Å²) in [5.74, 6) is 1.42. The Kier molecular flexibility index (Phi) is 5.11. The minimum Gasteiger partial charge on any atom is -0.493 e. The summed E-state index contributed by atoms with van der Waals surface area (Å²) >= 11 is 0. The fourth-order valence-corrected chi connectivity index (χ4v) is 3.24. The fourth-order valence-electron chi connectivity index (χ4n) is 3.24. The number of nitrogens with zero attached hydrogens (tertiary/aromatic N) is 6. The third kappa shape index (κ3) is 3.28. The molecule has 0 aliphatic heterocycles. The second-order valence-electron chi connectivity index (χ2n) is 6.68. The monoisotopic (exact) mass is 394 g/mol. The number of hydrogen-bond donors (Lipinski definition) is 0. The van der Waals surface area contributed by atoms with E-state index in [0.29, 0.717) is 35.6 Å². The zero-order valence-electron chi connectivity index (χ0n) is 16.6. The molecular weight excluding hydrogens is 372 g/mol. The fraction of sp³-hybridized carbons (Fsp3) is 0.350. The summed E-state index contributed by atoms with van der Waals surface area (Å²) in [6.45, 7) is 4.69. The SMILES string of the molecule is CCCOc1ccccc1-c1nc2c(CCC)nn(-c3ncon3)c2c(=O)n1C. The number of hydrogen-bond acceptors (Lipinski definition) is 7. The quantitative estimate of drug-likeness (QED) is 0.475. The van der Waals surface area contributed by atoms with E-state index in [0.717, 1.165) is 24.1 Å². The predicted molar refractivity (Wildman–Crippen MR) is 107 cm³/mol. The van der Waals surface area contributed by atoms with Gasteiger partial charge in [0, 0.05) is 7.05 Å². The van der Waals surface area contributed by atoms with Gasteiger partial charge in [-0.2, -0.15) is 14.8 Å². The lowest BCUT2D eigenvalue weighted by Crippen LogP contribution is -2.22. The summed E-state index contributed by atoms with van der Waals surface area (Å²) in [5, 5.41) is 8.38. The lowest BCUT2D eigenvalue weighted by Gasteiger charge is -2.13. The molecule has 0 amide bonds. The van der Waals surface area contributed by atoms with Gasteiger partial charge in [-0.25, -0.2) is 4.98 Å². The van der Waals surface area contributed by atoms with Gasteiger partial charge in [-0.3, -0.25) is 9.36 Å². The van der Waals surface area contributed by atoms with Crippen molar-refractivity contribution in [2.75, 3.05) is 6.61 Å². The normalized spacial score (nSPS) is 11.3. The Balaban J connectivity index is 1.98. The molecule has 0 fully saturated rings. The molecule has 9 nitrogen and oxygen atoms in total. The van der Waals surface area contributed by atoms with Crippen LogP contribution in [0.1, 0.15) is 32.4 Å². The van der Waals surface area contributed by atoms with E-state index in [1.807, 2.05) is 31.2 Å². The van der Waals surface area contributed by atoms with Crippen LogP contribution in [-0.2, 0) is 13.5 Å². The van der Waals surface area contributed by atoms with Crippen molar-refractivity contribution in [3.8, 4) is 23.1 Å². The molecule has 4 rings (SSSR count). The van der Waals surface area contributed by atoms with Crippen LogP contribution in [0, 0.1) is 0 Å². The summed E-state index contributed by atoms with van der Waals surface area (Å²) in [6.07, 6.45) is 3.63. The second-order valence-corrected chi connectivity index (χ2v) is 6.68. The smallest absolute Gasteiger partial charge is 0.291 e. The van der Waals surface area contributed by atoms with Crippen molar-refractivity contribution in [1.82, 2.24) is 29.5 Å². The average molecular weight is 394 g/mol. The van der Waals surface area contributed by atoms with E-state index in [-0.39, 0.29) is 11.5 Å². The number of aryl methyl sites for hydroxylation is 1. The summed E-state index contributed by atoms with van der Waals surface area (Å²) < 4.78 is 13.6. The Labute approximate surface area is 166 Å². The molecule has 0 spiro atoms. The molecule has 0 radical (unpaired) electrons. The maximum absolute atomic E-state index is 13.3. The molecule has 1 aromatic carbocycles. The van der Waals surface area contributed by atoms with Crippen LogP contribution in [0.3, 0.4) is 0 Å². The van der Waals surface area contributed by atoms with Crippen molar-refractivity contribution in [3.05, 3.63) is 46.7 Å². The van der Waals surface area contributed by atoms with Gasteiger partial charge in [0.2, 0.25) is 6.39 Å². The van der Waals surface area contributed by atoms with Gasteiger partial charge in [-0.1, -0.05) is 32.4 Å². The first-order valence-corrected chi connectivity index (χ1v) is 9.63. The van der Waals surface area contributed by atoms with Crippen LogP contribution >= 0.6 is 0 Å². The van der Waals surface area contributed by atoms with Crippen LogP contribution in [0.5, 0.6) is 5.75 Å². The molecule has 0 aliphatic rings. The van der Waals surface area contributed by atoms with Crippen LogP contribution in [0.2, 0.25) is 0 Å². The molecule has 0 bridgehead atoms. The predicted octanol–water partition coefficient (Wildman–Crippen LogP) is 2.91. The molecule has 0 saturated heterocycles. The van der Waals surface area contributed by atoms with Crippen molar-refractivity contribution in [3.63, 3.8) is 0 Å². The van der Waals surface area contributed by atoms with Crippen molar-refractivity contribution in [2.45, 2.75) is 33.1 Å². The van der Waals surface area contributed by atoms with Crippen molar-refractivity contribution < 1.29 is 9.26 Å². The minimum atomic E-state index is -0.241. The molecule has 0 saturated carbocycles. The Bertz CT molecular complexity index is 1190. The largest absolute Gasteiger partial charge is 0.493 e. The molecule has 0 unspecified atom stereocenters. The lowest BCUT2D eigenvalue weighted by atomic mass is 10.1. The van der Waals surface area contributed by atoms with E-state index >= 15 is 0 Å². The molecule has 29 heavy (non-hydrogen) atoms. The van der Waals surface area contributed by atoms with Crippen molar-refractivity contribution in [2.24, 2.45) is 7.05 Å². The maximum atomic E-state index is 13.3. The standard InChI is InChI=1S/C20H22N6O3/c1-4-8-14-16-17(26(23-14)20-21-12-29-24-20)19(27)25(3)18(22-16)13-9-6-7-10-15(13)28-11-5-2/h6-7,9-10,12H,4-5,8,11H2,1-3H3. The Morgan fingerprint density at radius 1 is 1.17 bits per heavy atom. The minimum absolute atomic E-state index is 0.204. The van der Waals surface area contributed by atoms with E-state index in [4.69, 9.17) is 14.2 Å². The maximum Gasteiger partial charge on any atom is 0.291 e. The molecule has 3 aromatic heterocycles. The highest BCUT2D eigenvalue weighted by Crippen LogP contribution is 2.29. The van der Waals surface area contributed by atoms with Crippen LogP contribution in [0.15, 0.2) is 40.0 Å². The molecule has 150 valence electrons. The van der Waals surface area contributed by atoms with Gasteiger partial charge in [0.1, 0.15) is 17.1 Å². The molecular formula is C20H22N6O3. The molecule has 3 heterocycles. The number of rotatable bonds is 7. The highest BCUT2D eigenvalue weighted by molar-refractivity contribution is 5.81. The highest BCUT2D eigenvalue weighted by atomic mass is 16.5. The number of benzene rings is 1. The summed E-state index contributed by atoms with van der Waals surface area (Å²) in [7, 11) is 1.69. The first-order chi connectivity index (χ1) is 14.2. The molecule has 0 atom stereocenters. The van der Waals surface area contributed by atoms with Gasteiger partial charge in [-0.05, 0) is 30.1 Å². The zero-order valence-corrected chi connectivity index (χ0v) is 16.6. The van der Waals surface area contributed by atoms with Gasteiger partial charge in [0.15, 0.2) is 5.52 Å². The molecule has 4 aromatic rings. The van der Waals surface area contributed by atoms with Crippen LogP contribution in [0.25, 0.3) is 28.4 Å². The topological polar surface area (TPSA) is 101 Å². The summed E-state index contributed by atoms with van der Waals surface area (Å²) in [6, 6.07) is 7.60. The zero-order chi connectivity index (χ0) is 20.4. The Morgan fingerprint density at radius 2 is 2.00 bits per heavy atom. The average Bonchev–Trinajstić information content (AvgIpc) is 3.38. The van der Waals surface area contributed by atoms with Crippen LogP contribution in [0.4, 0.5) is 0 Å². The number of fused-ring (bicyclic) bond motifs is 1. The van der Waals surface area contributed by atoms with Crippen molar-refractivity contribution in [1.29, 1.82) is 0 Å². The second kappa shape index (κ2) is 7.86. The Morgan fingerprint density at radius 3 is 2.72 bits per heavy atom. The van der Waals surface area contributed by atoms with Crippen LogP contribution < -0.4 is 10.3 Å².